The summed E-state index contributed by atoms with van der Waals surface area (Å²) in [4.78, 5) is 11.7. The van der Waals surface area contributed by atoms with Crippen LogP contribution in [0.1, 0.15) is 37.8 Å². The zero-order valence-corrected chi connectivity index (χ0v) is 11.2. The Bertz CT molecular complexity index is 424. The number of halogens is 2. The maximum absolute atomic E-state index is 13.6. The Balaban J connectivity index is 2.67. The minimum atomic E-state index is -0.511. The monoisotopic (exact) mass is 271 g/mol. The lowest BCUT2D eigenvalue weighted by Gasteiger charge is -2.18. The molecule has 1 amide bonds. The van der Waals surface area contributed by atoms with E-state index in [9.17, 15) is 13.6 Å². The van der Waals surface area contributed by atoms with Crippen LogP contribution in [0.25, 0.3) is 0 Å². The molecule has 0 bridgehead atoms. The van der Waals surface area contributed by atoms with Gasteiger partial charge in [0.15, 0.2) is 0 Å². The number of hydrogen-bond donors (Lipinski definition) is 1. The second-order valence-electron chi connectivity index (χ2n) is 4.29. The Morgan fingerprint density at radius 1 is 1.42 bits per heavy atom. The molecule has 0 aromatic heterocycles. The van der Waals surface area contributed by atoms with Gasteiger partial charge in [0.2, 0.25) is 5.91 Å². The van der Waals surface area contributed by atoms with E-state index in [1.54, 1.807) is 7.11 Å². The normalized spacial score (nSPS) is 12.2. The summed E-state index contributed by atoms with van der Waals surface area (Å²) in [5.41, 5.74) is 0.183. The largest absolute Gasteiger partial charge is 0.385 e. The molecule has 0 aliphatic rings. The van der Waals surface area contributed by atoms with E-state index in [-0.39, 0.29) is 11.5 Å². The summed E-state index contributed by atoms with van der Waals surface area (Å²) in [7, 11) is 1.56. The highest BCUT2D eigenvalue weighted by atomic mass is 19.1. The van der Waals surface area contributed by atoms with Crippen LogP contribution in [0.15, 0.2) is 18.2 Å². The maximum atomic E-state index is 13.6. The van der Waals surface area contributed by atoms with E-state index < -0.39 is 17.7 Å². The molecule has 0 aliphatic carbocycles. The van der Waals surface area contributed by atoms with E-state index in [0.717, 1.165) is 18.2 Å². The van der Waals surface area contributed by atoms with Gasteiger partial charge in [0, 0.05) is 25.7 Å². The smallest absolute Gasteiger partial charge is 0.220 e. The fourth-order valence-corrected chi connectivity index (χ4v) is 1.82. The Morgan fingerprint density at radius 2 is 2.16 bits per heavy atom. The van der Waals surface area contributed by atoms with Gasteiger partial charge in [-0.25, -0.2) is 8.78 Å². The zero-order valence-electron chi connectivity index (χ0n) is 11.2. The van der Waals surface area contributed by atoms with Crippen LogP contribution in [0.3, 0.4) is 0 Å². The first-order chi connectivity index (χ1) is 9.08. The van der Waals surface area contributed by atoms with Gasteiger partial charge >= 0.3 is 0 Å². The molecule has 1 aromatic rings. The first-order valence-electron chi connectivity index (χ1n) is 6.31. The minimum Gasteiger partial charge on any atom is -0.385 e. The molecule has 106 valence electrons. The van der Waals surface area contributed by atoms with E-state index in [0.29, 0.717) is 25.9 Å². The lowest BCUT2D eigenvalue weighted by Crippen LogP contribution is -2.28. The van der Waals surface area contributed by atoms with Crippen molar-refractivity contribution in [3.63, 3.8) is 0 Å². The summed E-state index contributed by atoms with van der Waals surface area (Å²) >= 11 is 0. The van der Waals surface area contributed by atoms with Crippen LogP contribution in [0, 0.1) is 11.6 Å². The van der Waals surface area contributed by atoms with Crippen LogP contribution in [-0.4, -0.2) is 19.6 Å². The fourth-order valence-electron chi connectivity index (χ4n) is 1.82. The van der Waals surface area contributed by atoms with Gasteiger partial charge in [-0.2, -0.15) is 0 Å². The van der Waals surface area contributed by atoms with E-state index in [2.05, 4.69) is 5.32 Å². The van der Waals surface area contributed by atoms with Crippen molar-refractivity contribution in [1.29, 1.82) is 0 Å². The van der Waals surface area contributed by atoms with Gasteiger partial charge in [0.25, 0.3) is 0 Å². The molecule has 0 saturated heterocycles. The number of carbonyl (C=O) groups is 1. The molecule has 0 saturated carbocycles. The third-order valence-electron chi connectivity index (χ3n) is 2.83. The van der Waals surface area contributed by atoms with Crippen molar-refractivity contribution in [3.8, 4) is 0 Å². The van der Waals surface area contributed by atoms with Gasteiger partial charge in [-0.05, 0) is 31.0 Å². The molecule has 0 spiro atoms. The molecule has 1 rings (SSSR count). The van der Waals surface area contributed by atoms with Crippen molar-refractivity contribution in [2.45, 2.75) is 32.2 Å². The average Bonchev–Trinajstić information content (AvgIpc) is 2.39. The van der Waals surface area contributed by atoms with Crippen LogP contribution in [-0.2, 0) is 9.53 Å². The number of methoxy groups -OCH3 is 1. The van der Waals surface area contributed by atoms with Gasteiger partial charge in [0.1, 0.15) is 11.6 Å². The minimum absolute atomic E-state index is 0.183. The van der Waals surface area contributed by atoms with Crippen LogP contribution in [0.2, 0.25) is 0 Å². The highest BCUT2D eigenvalue weighted by Crippen LogP contribution is 2.21. The van der Waals surface area contributed by atoms with Gasteiger partial charge in [-0.3, -0.25) is 4.79 Å². The van der Waals surface area contributed by atoms with Crippen molar-refractivity contribution in [3.05, 3.63) is 35.4 Å². The van der Waals surface area contributed by atoms with E-state index >= 15 is 0 Å². The van der Waals surface area contributed by atoms with Crippen LogP contribution >= 0.6 is 0 Å². The van der Waals surface area contributed by atoms with Crippen molar-refractivity contribution >= 4 is 5.91 Å². The second-order valence-corrected chi connectivity index (χ2v) is 4.29. The predicted octanol–water partition coefficient (Wildman–Crippen LogP) is 2.96. The number of nitrogens with one attached hydrogen (secondary N) is 1. The highest BCUT2D eigenvalue weighted by molar-refractivity contribution is 5.76. The quantitative estimate of drug-likeness (QED) is 0.774. The highest BCUT2D eigenvalue weighted by Gasteiger charge is 2.17. The second kappa shape index (κ2) is 7.84. The third kappa shape index (κ3) is 4.95. The molecule has 3 nitrogen and oxygen atoms in total. The Hall–Kier alpha value is -1.49. The van der Waals surface area contributed by atoms with Crippen LogP contribution < -0.4 is 5.32 Å². The lowest BCUT2D eigenvalue weighted by atomic mass is 10.0. The molecule has 0 aliphatic heterocycles. The summed E-state index contributed by atoms with van der Waals surface area (Å²) < 4.78 is 31.6. The topological polar surface area (TPSA) is 38.3 Å². The molecular formula is C14H19F2NO2. The number of amides is 1. The van der Waals surface area contributed by atoms with Gasteiger partial charge in [0.05, 0.1) is 6.04 Å². The van der Waals surface area contributed by atoms with Gasteiger partial charge in [-0.15, -0.1) is 0 Å². The average molecular weight is 271 g/mol. The standard InChI is InChI=1S/C14H19F2NO2/c1-3-13(17-14(18)5-4-8-19-2)11-9-10(15)6-7-12(11)16/h6-7,9,13H,3-5,8H2,1-2H3,(H,17,18)/t13-/m0/s1. The molecule has 0 radical (unpaired) electrons. The summed E-state index contributed by atoms with van der Waals surface area (Å²) in [5, 5.41) is 2.71. The summed E-state index contributed by atoms with van der Waals surface area (Å²) in [6, 6.07) is 2.75. The van der Waals surface area contributed by atoms with Crippen LogP contribution in [0.5, 0.6) is 0 Å². The van der Waals surface area contributed by atoms with Crippen LogP contribution in [0.4, 0.5) is 8.78 Å². The molecule has 0 unspecified atom stereocenters. The Labute approximate surface area is 112 Å². The molecule has 0 heterocycles. The summed E-state index contributed by atoms with van der Waals surface area (Å²) in [6.45, 7) is 2.31. The molecule has 19 heavy (non-hydrogen) atoms. The molecule has 1 N–H and O–H groups in total. The molecular weight excluding hydrogens is 252 g/mol. The lowest BCUT2D eigenvalue weighted by molar-refractivity contribution is -0.122. The fraction of sp³-hybridized carbons (Fsp3) is 0.500. The summed E-state index contributed by atoms with van der Waals surface area (Å²) in [6.07, 6.45) is 1.40. The van der Waals surface area contributed by atoms with E-state index in [1.807, 2.05) is 6.92 Å². The molecule has 0 fully saturated rings. The van der Waals surface area contributed by atoms with Crippen molar-refractivity contribution in [1.82, 2.24) is 5.32 Å². The van der Waals surface area contributed by atoms with E-state index in [4.69, 9.17) is 4.74 Å². The summed E-state index contributed by atoms with van der Waals surface area (Å²) in [5.74, 6) is -1.21. The first kappa shape index (κ1) is 15.6. The number of carbonyl (C=O) groups excluding carboxylic acids is 1. The number of ether oxygens (including phenoxy) is 1. The third-order valence-corrected chi connectivity index (χ3v) is 2.83. The number of hydrogen-bond acceptors (Lipinski definition) is 2. The Morgan fingerprint density at radius 3 is 2.79 bits per heavy atom. The van der Waals surface area contributed by atoms with Gasteiger partial charge in [-0.1, -0.05) is 6.92 Å². The van der Waals surface area contributed by atoms with Crippen molar-refractivity contribution < 1.29 is 18.3 Å². The predicted molar refractivity (Wildman–Crippen MR) is 68.6 cm³/mol. The maximum Gasteiger partial charge on any atom is 0.220 e. The molecule has 1 atom stereocenters. The zero-order chi connectivity index (χ0) is 14.3. The first-order valence-corrected chi connectivity index (χ1v) is 6.31. The number of rotatable bonds is 7. The van der Waals surface area contributed by atoms with Gasteiger partial charge < -0.3 is 10.1 Å². The van der Waals surface area contributed by atoms with E-state index in [1.165, 1.54) is 0 Å². The Kier molecular flexibility index (Phi) is 6.42. The van der Waals surface area contributed by atoms with Crippen molar-refractivity contribution in [2.75, 3.05) is 13.7 Å². The van der Waals surface area contributed by atoms with Crippen molar-refractivity contribution in [2.24, 2.45) is 0 Å². The molecule has 5 heteroatoms. The SMILES string of the molecule is CC[C@H](NC(=O)CCCOC)c1cc(F)ccc1F. The number of benzene rings is 1. The molecule has 1 aromatic carbocycles.